The normalized spacial score (nSPS) is 14.4. The standard InChI is InChI=1S/C14H21NO5S2/c1-10(13(8-16)21-3)15-22(18,19)9-11-6-4-5-7-12(11)14(17)20-2/h4-7,10,13,15-16H,8-9H2,1-3H3/t10-,13-/m1/s1. The minimum atomic E-state index is -3.65. The molecule has 0 spiro atoms. The Morgan fingerprint density at radius 3 is 2.59 bits per heavy atom. The second-order valence-corrected chi connectivity index (χ2v) is 7.60. The second kappa shape index (κ2) is 8.52. The van der Waals surface area contributed by atoms with Gasteiger partial charge in [-0.05, 0) is 24.8 Å². The molecule has 1 rings (SSSR count). The molecule has 6 nitrogen and oxygen atoms in total. The maximum atomic E-state index is 12.3. The fourth-order valence-electron chi connectivity index (χ4n) is 2.00. The summed E-state index contributed by atoms with van der Waals surface area (Å²) in [6.45, 7) is 1.57. The highest BCUT2D eigenvalue weighted by Gasteiger charge is 2.23. The fourth-order valence-corrected chi connectivity index (χ4v) is 4.18. The van der Waals surface area contributed by atoms with Gasteiger partial charge in [0.1, 0.15) is 0 Å². The Morgan fingerprint density at radius 1 is 1.41 bits per heavy atom. The summed E-state index contributed by atoms with van der Waals surface area (Å²) in [5.74, 6) is -0.897. The van der Waals surface area contributed by atoms with Gasteiger partial charge in [0.2, 0.25) is 10.0 Å². The van der Waals surface area contributed by atoms with Gasteiger partial charge in [0, 0.05) is 11.3 Å². The molecular formula is C14H21NO5S2. The van der Waals surface area contributed by atoms with E-state index in [0.29, 0.717) is 5.56 Å². The largest absolute Gasteiger partial charge is 0.465 e. The van der Waals surface area contributed by atoms with Gasteiger partial charge in [-0.3, -0.25) is 0 Å². The van der Waals surface area contributed by atoms with E-state index in [0.717, 1.165) is 0 Å². The van der Waals surface area contributed by atoms with Gasteiger partial charge < -0.3 is 9.84 Å². The van der Waals surface area contributed by atoms with Crippen molar-refractivity contribution in [1.82, 2.24) is 4.72 Å². The van der Waals surface area contributed by atoms with Crippen LogP contribution in [-0.2, 0) is 20.5 Å². The zero-order valence-electron chi connectivity index (χ0n) is 12.8. The van der Waals surface area contributed by atoms with Crippen molar-refractivity contribution in [3.05, 3.63) is 35.4 Å². The fraction of sp³-hybridized carbons (Fsp3) is 0.500. The van der Waals surface area contributed by atoms with Crippen LogP contribution < -0.4 is 4.72 Å². The lowest BCUT2D eigenvalue weighted by Crippen LogP contribution is -2.41. The number of aliphatic hydroxyl groups is 1. The molecule has 8 heteroatoms. The van der Waals surface area contributed by atoms with Gasteiger partial charge in [-0.15, -0.1) is 0 Å². The smallest absolute Gasteiger partial charge is 0.338 e. The molecule has 0 unspecified atom stereocenters. The summed E-state index contributed by atoms with van der Waals surface area (Å²) >= 11 is 1.39. The van der Waals surface area contributed by atoms with Crippen LogP contribution in [-0.4, -0.2) is 50.8 Å². The number of carbonyl (C=O) groups is 1. The average molecular weight is 347 g/mol. The van der Waals surface area contributed by atoms with Crippen LogP contribution in [0, 0.1) is 0 Å². The third-order valence-electron chi connectivity index (χ3n) is 3.17. The van der Waals surface area contributed by atoms with E-state index in [1.807, 2.05) is 0 Å². The van der Waals surface area contributed by atoms with E-state index >= 15 is 0 Å². The molecule has 2 atom stereocenters. The van der Waals surface area contributed by atoms with E-state index in [4.69, 9.17) is 0 Å². The number of aliphatic hydroxyl groups excluding tert-OH is 1. The summed E-state index contributed by atoms with van der Waals surface area (Å²) in [5.41, 5.74) is 0.602. The van der Waals surface area contributed by atoms with Crippen LogP contribution in [0.2, 0.25) is 0 Å². The third kappa shape index (κ3) is 5.28. The molecule has 1 aromatic carbocycles. The zero-order valence-corrected chi connectivity index (χ0v) is 14.4. The summed E-state index contributed by atoms with van der Waals surface area (Å²) in [7, 11) is -2.40. The molecule has 22 heavy (non-hydrogen) atoms. The number of hydrogen-bond acceptors (Lipinski definition) is 6. The molecule has 0 aliphatic carbocycles. The summed E-state index contributed by atoms with van der Waals surface area (Å²) in [4.78, 5) is 11.7. The van der Waals surface area contributed by atoms with Gasteiger partial charge in [-0.2, -0.15) is 11.8 Å². The van der Waals surface area contributed by atoms with E-state index in [2.05, 4.69) is 9.46 Å². The second-order valence-electron chi connectivity index (χ2n) is 4.77. The molecule has 2 N–H and O–H groups in total. The number of methoxy groups -OCH3 is 1. The van der Waals surface area contributed by atoms with Crippen molar-refractivity contribution in [2.45, 2.75) is 24.0 Å². The van der Waals surface area contributed by atoms with E-state index in [1.54, 1.807) is 31.4 Å². The molecule has 0 saturated heterocycles. The maximum absolute atomic E-state index is 12.3. The predicted octanol–water partition coefficient (Wildman–Crippen LogP) is 1.00. The van der Waals surface area contributed by atoms with Crippen molar-refractivity contribution in [1.29, 1.82) is 0 Å². The first-order chi connectivity index (χ1) is 10.3. The predicted molar refractivity (Wildman–Crippen MR) is 87.4 cm³/mol. The molecule has 0 aliphatic heterocycles. The van der Waals surface area contributed by atoms with E-state index in [-0.39, 0.29) is 23.2 Å². The number of rotatable bonds is 8. The molecule has 1 aromatic rings. The van der Waals surface area contributed by atoms with Crippen molar-refractivity contribution in [3.8, 4) is 0 Å². The van der Waals surface area contributed by atoms with Crippen molar-refractivity contribution in [2.75, 3.05) is 20.0 Å². The monoisotopic (exact) mass is 347 g/mol. The number of carbonyl (C=O) groups excluding carboxylic acids is 1. The molecular weight excluding hydrogens is 326 g/mol. The molecule has 0 aliphatic rings. The molecule has 124 valence electrons. The van der Waals surface area contributed by atoms with Gasteiger partial charge in [-0.25, -0.2) is 17.9 Å². The number of thioether (sulfide) groups is 1. The van der Waals surface area contributed by atoms with Crippen molar-refractivity contribution >= 4 is 27.8 Å². The first-order valence-corrected chi connectivity index (χ1v) is 9.58. The van der Waals surface area contributed by atoms with Crippen molar-refractivity contribution < 1.29 is 23.1 Å². The van der Waals surface area contributed by atoms with Crippen LogP contribution in [0.15, 0.2) is 24.3 Å². The minimum Gasteiger partial charge on any atom is -0.465 e. The van der Waals surface area contributed by atoms with Crippen LogP contribution in [0.25, 0.3) is 0 Å². The molecule has 0 aromatic heterocycles. The average Bonchev–Trinajstić information content (AvgIpc) is 2.47. The SMILES string of the molecule is COC(=O)c1ccccc1CS(=O)(=O)N[C@H](C)[C@@H](CO)SC. The Kier molecular flexibility index (Phi) is 7.34. The highest BCUT2D eigenvalue weighted by molar-refractivity contribution is 7.99. The number of nitrogens with one attached hydrogen (secondary N) is 1. The lowest BCUT2D eigenvalue weighted by Gasteiger charge is -2.21. The quantitative estimate of drug-likeness (QED) is 0.682. The molecule has 0 radical (unpaired) electrons. The number of hydrogen-bond donors (Lipinski definition) is 2. The molecule has 0 saturated carbocycles. The number of ether oxygens (including phenoxy) is 1. The number of benzene rings is 1. The van der Waals surface area contributed by atoms with E-state index < -0.39 is 22.0 Å². The van der Waals surface area contributed by atoms with Gasteiger partial charge >= 0.3 is 5.97 Å². The van der Waals surface area contributed by atoms with Crippen LogP contribution in [0.1, 0.15) is 22.8 Å². The van der Waals surface area contributed by atoms with E-state index in [9.17, 15) is 18.3 Å². The lowest BCUT2D eigenvalue weighted by atomic mass is 10.1. The Balaban J connectivity index is 2.92. The molecule has 0 heterocycles. The number of sulfonamides is 1. The summed E-state index contributed by atoms with van der Waals surface area (Å²) < 4.78 is 31.7. The molecule has 0 fully saturated rings. The van der Waals surface area contributed by atoms with Gasteiger partial charge in [0.15, 0.2) is 0 Å². The third-order valence-corrected chi connectivity index (χ3v) is 5.76. The Labute approximate surface area is 135 Å². The summed E-state index contributed by atoms with van der Waals surface area (Å²) in [6, 6.07) is 6.00. The Hall–Kier alpha value is -1.09. The van der Waals surface area contributed by atoms with Crippen LogP contribution in [0.3, 0.4) is 0 Å². The summed E-state index contributed by atoms with van der Waals surface area (Å²) in [5, 5.41) is 8.98. The first-order valence-electron chi connectivity index (χ1n) is 6.64. The van der Waals surface area contributed by atoms with Gasteiger partial charge in [0.25, 0.3) is 0 Å². The van der Waals surface area contributed by atoms with Crippen LogP contribution >= 0.6 is 11.8 Å². The number of esters is 1. The zero-order chi connectivity index (χ0) is 16.8. The van der Waals surface area contributed by atoms with Crippen molar-refractivity contribution in [3.63, 3.8) is 0 Å². The minimum absolute atomic E-state index is 0.121. The highest BCUT2D eigenvalue weighted by Crippen LogP contribution is 2.16. The lowest BCUT2D eigenvalue weighted by molar-refractivity contribution is 0.0600. The van der Waals surface area contributed by atoms with E-state index in [1.165, 1.54) is 24.9 Å². The highest BCUT2D eigenvalue weighted by atomic mass is 32.2. The topological polar surface area (TPSA) is 92.7 Å². The first kappa shape index (κ1) is 19.0. The van der Waals surface area contributed by atoms with Crippen LogP contribution in [0.4, 0.5) is 0 Å². The summed E-state index contributed by atoms with van der Waals surface area (Å²) in [6.07, 6.45) is 1.80. The maximum Gasteiger partial charge on any atom is 0.338 e. The van der Waals surface area contributed by atoms with Crippen LogP contribution in [0.5, 0.6) is 0 Å². The molecule has 0 bridgehead atoms. The van der Waals surface area contributed by atoms with Crippen molar-refractivity contribution in [2.24, 2.45) is 0 Å². The Bertz CT molecular complexity index is 599. The van der Waals surface area contributed by atoms with Gasteiger partial charge in [-0.1, -0.05) is 18.2 Å². The molecule has 0 amide bonds. The Morgan fingerprint density at radius 2 is 2.05 bits per heavy atom. The van der Waals surface area contributed by atoms with Gasteiger partial charge in [0.05, 0.1) is 25.0 Å².